The highest BCUT2D eigenvalue weighted by atomic mass is 35.5. The van der Waals surface area contributed by atoms with Crippen LogP contribution < -0.4 is 0 Å². The van der Waals surface area contributed by atoms with Crippen LogP contribution in [0.5, 0.6) is 0 Å². The molecule has 0 bridgehead atoms. The summed E-state index contributed by atoms with van der Waals surface area (Å²) in [5, 5.41) is 0. The van der Waals surface area contributed by atoms with Crippen molar-refractivity contribution in [3.8, 4) is 0 Å². The normalized spacial score (nSPS) is 9.88. The highest BCUT2D eigenvalue weighted by Crippen LogP contribution is 2.15. The van der Waals surface area contributed by atoms with Crippen molar-refractivity contribution >= 4 is 18.7 Å². The summed E-state index contributed by atoms with van der Waals surface area (Å²) in [6, 6.07) is 0. The molecule has 0 aromatic rings. The molecule has 0 spiro atoms. The van der Waals surface area contributed by atoms with E-state index >= 15 is 0 Å². The molecule has 0 heterocycles. The Balaban J connectivity index is 0. The van der Waals surface area contributed by atoms with Crippen LogP contribution in [-0.4, -0.2) is 6.29 Å². The quantitative estimate of drug-likeness (QED) is 0.505. The number of carbonyl (C=O) groups excluding carboxylic acids is 1. The third kappa shape index (κ3) is 9.35. The van der Waals surface area contributed by atoms with Gasteiger partial charge in [0.2, 0.25) is 0 Å². The minimum atomic E-state index is 0. The van der Waals surface area contributed by atoms with E-state index < -0.39 is 0 Å². The largest absolute Gasteiger partial charge is 0.303 e. The topological polar surface area (TPSA) is 17.1 Å². The van der Waals surface area contributed by atoms with Crippen molar-refractivity contribution in [1.82, 2.24) is 0 Å². The van der Waals surface area contributed by atoms with Gasteiger partial charge in [0.1, 0.15) is 6.29 Å². The standard InChI is InChI=1S/C6H12O.ClH/c1-6(2,3)4-5-7;/h5H,4H2,1-3H3;1H. The molecule has 0 fully saturated rings. The molecule has 0 aliphatic heterocycles. The van der Waals surface area contributed by atoms with Crippen LogP contribution in [0.15, 0.2) is 0 Å². The first-order chi connectivity index (χ1) is 3.06. The van der Waals surface area contributed by atoms with Crippen LogP contribution in [0.25, 0.3) is 0 Å². The highest BCUT2D eigenvalue weighted by molar-refractivity contribution is 5.85. The fourth-order valence-electron chi connectivity index (χ4n) is 0.250. The van der Waals surface area contributed by atoms with Crippen molar-refractivity contribution in [1.29, 1.82) is 0 Å². The average Bonchev–Trinajstić information content (AvgIpc) is 1.30. The monoisotopic (exact) mass is 136 g/mol. The number of aldehydes is 1. The van der Waals surface area contributed by atoms with Crippen LogP contribution in [0.4, 0.5) is 0 Å². The zero-order chi connectivity index (χ0) is 5.91. The fraction of sp³-hybridized carbons (Fsp3) is 0.833. The summed E-state index contributed by atoms with van der Waals surface area (Å²) in [4.78, 5) is 9.82. The van der Waals surface area contributed by atoms with Crippen LogP contribution in [0.1, 0.15) is 27.2 Å². The van der Waals surface area contributed by atoms with Gasteiger partial charge >= 0.3 is 0 Å². The molecule has 0 aromatic heterocycles. The number of rotatable bonds is 1. The molecule has 0 aromatic carbocycles. The average molecular weight is 137 g/mol. The fourth-order valence-corrected chi connectivity index (χ4v) is 0.250. The second-order valence-corrected chi connectivity index (χ2v) is 2.93. The lowest BCUT2D eigenvalue weighted by molar-refractivity contribution is -0.109. The first kappa shape index (κ1) is 10.9. The summed E-state index contributed by atoms with van der Waals surface area (Å²) < 4.78 is 0. The number of halogens is 1. The maximum Gasteiger partial charge on any atom is 0.120 e. The van der Waals surface area contributed by atoms with E-state index in [0.717, 1.165) is 6.29 Å². The van der Waals surface area contributed by atoms with Crippen LogP contribution in [0, 0.1) is 5.41 Å². The summed E-state index contributed by atoms with van der Waals surface area (Å²) >= 11 is 0. The van der Waals surface area contributed by atoms with Gasteiger partial charge in [-0.25, -0.2) is 0 Å². The molecule has 50 valence electrons. The first-order valence-electron chi connectivity index (χ1n) is 2.50. The highest BCUT2D eigenvalue weighted by Gasteiger charge is 2.06. The summed E-state index contributed by atoms with van der Waals surface area (Å²) in [6.07, 6.45) is 1.62. The molecular weight excluding hydrogens is 124 g/mol. The van der Waals surface area contributed by atoms with Crippen molar-refractivity contribution in [2.75, 3.05) is 0 Å². The van der Waals surface area contributed by atoms with Crippen LogP contribution in [0.3, 0.4) is 0 Å². The summed E-state index contributed by atoms with van der Waals surface area (Å²) in [5.41, 5.74) is 0.182. The van der Waals surface area contributed by atoms with Gasteiger partial charge in [0.15, 0.2) is 0 Å². The Morgan fingerprint density at radius 2 is 1.75 bits per heavy atom. The Bertz CT molecular complexity index is 63.4. The van der Waals surface area contributed by atoms with Gasteiger partial charge in [-0.3, -0.25) is 0 Å². The molecule has 2 heteroatoms. The van der Waals surface area contributed by atoms with E-state index in [1.807, 2.05) is 20.8 Å². The molecule has 8 heavy (non-hydrogen) atoms. The van der Waals surface area contributed by atoms with Gasteiger partial charge < -0.3 is 4.79 Å². The number of hydrogen-bond acceptors (Lipinski definition) is 1. The first-order valence-corrected chi connectivity index (χ1v) is 2.50. The SMILES string of the molecule is CC(C)(C)CC=O.Cl. The van der Waals surface area contributed by atoms with E-state index in [1.165, 1.54) is 0 Å². The summed E-state index contributed by atoms with van der Waals surface area (Å²) in [6.45, 7) is 6.13. The van der Waals surface area contributed by atoms with Crippen LogP contribution >= 0.6 is 12.4 Å². The smallest absolute Gasteiger partial charge is 0.120 e. The van der Waals surface area contributed by atoms with E-state index in [9.17, 15) is 4.79 Å². The predicted octanol–water partition coefficient (Wildman–Crippen LogP) is 2.04. The Morgan fingerprint density at radius 3 is 1.75 bits per heavy atom. The van der Waals surface area contributed by atoms with E-state index in [0.29, 0.717) is 6.42 Å². The molecule has 0 radical (unpaired) electrons. The molecule has 0 rings (SSSR count). The number of hydrogen-bond donors (Lipinski definition) is 0. The van der Waals surface area contributed by atoms with Crippen molar-refractivity contribution in [3.05, 3.63) is 0 Å². The zero-order valence-electron chi connectivity index (χ0n) is 5.60. The molecule has 0 aliphatic carbocycles. The molecule has 0 amide bonds. The van der Waals surface area contributed by atoms with Crippen molar-refractivity contribution < 1.29 is 4.79 Å². The van der Waals surface area contributed by atoms with Gasteiger partial charge in [-0.05, 0) is 5.41 Å². The van der Waals surface area contributed by atoms with Gasteiger partial charge in [-0.2, -0.15) is 0 Å². The second kappa shape index (κ2) is 3.90. The van der Waals surface area contributed by atoms with Gasteiger partial charge in [0, 0.05) is 6.42 Å². The molecule has 0 N–H and O–H groups in total. The van der Waals surface area contributed by atoms with Gasteiger partial charge in [0.05, 0.1) is 0 Å². The summed E-state index contributed by atoms with van der Waals surface area (Å²) in [7, 11) is 0. The lowest BCUT2D eigenvalue weighted by Gasteiger charge is -2.11. The molecule has 1 nitrogen and oxygen atoms in total. The van der Waals surface area contributed by atoms with E-state index in [1.54, 1.807) is 0 Å². The molecule has 0 aliphatic rings. The third-order valence-corrected chi connectivity index (χ3v) is 0.696. The van der Waals surface area contributed by atoms with E-state index in [-0.39, 0.29) is 17.8 Å². The van der Waals surface area contributed by atoms with Crippen molar-refractivity contribution in [2.45, 2.75) is 27.2 Å². The predicted molar refractivity (Wildman–Crippen MR) is 37.4 cm³/mol. The Hall–Kier alpha value is -0.0400. The van der Waals surface area contributed by atoms with Crippen LogP contribution in [-0.2, 0) is 4.79 Å². The Labute approximate surface area is 56.9 Å². The van der Waals surface area contributed by atoms with Crippen molar-refractivity contribution in [2.24, 2.45) is 5.41 Å². The second-order valence-electron chi connectivity index (χ2n) is 2.93. The molecule has 0 unspecified atom stereocenters. The third-order valence-electron chi connectivity index (χ3n) is 0.696. The lowest BCUT2D eigenvalue weighted by atomic mass is 9.93. The molecule has 0 saturated heterocycles. The number of carbonyl (C=O) groups is 1. The minimum absolute atomic E-state index is 0. The lowest BCUT2D eigenvalue weighted by Crippen LogP contribution is -2.04. The molecule has 0 saturated carbocycles. The van der Waals surface area contributed by atoms with Crippen molar-refractivity contribution in [3.63, 3.8) is 0 Å². The maximum absolute atomic E-state index is 9.82. The van der Waals surface area contributed by atoms with E-state index in [4.69, 9.17) is 0 Å². The summed E-state index contributed by atoms with van der Waals surface area (Å²) in [5.74, 6) is 0. The molecular formula is C6H13ClO. The maximum atomic E-state index is 9.82. The van der Waals surface area contributed by atoms with Gasteiger partial charge in [-0.15, -0.1) is 12.4 Å². The Morgan fingerprint density at radius 1 is 1.38 bits per heavy atom. The zero-order valence-corrected chi connectivity index (χ0v) is 6.42. The van der Waals surface area contributed by atoms with Gasteiger partial charge in [0.25, 0.3) is 0 Å². The minimum Gasteiger partial charge on any atom is -0.303 e. The Kier molecular flexibility index (Phi) is 5.29. The van der Waals surface area contributed by atoms with Crippen LogP contribution in [0.2, 0.25) is 0 Å². The van der Waals surface area contributed by atoms with E-state index in [2.05, 4.69) is 0 Å². The van der Waals surface area contributed by atoms with Gasteiger partial charge in [-0.1, -0.05) is 20.8 Å². The molecule has 0 atom stereocenters.